The molecular formula is C11H15ClN2O2. The third-order valence-electron chi connectivity index (χ3n) is 2.17. The summed E-state index contributed by atoms with van der Waals surface area (Å²) in [5.74, 6) is -0.224. The second-order valence-electron chi connectivity index (χ2n) is 3.49. The molecule has 0 fully saturated rings. The van der Waals surface area contributed by atoms with Crippen molar-refractivity contribution in [2.45, 2.75) is 19.8 Å². The predicted molar refractivity (Wildman–Crippen MR) is 64.8 cm³/mol. The van der Waals surface area contributed by atoms with Gasteiger partial charge in [0, 0.05) is 11.9 Å². The summed E-state index contributed by atoms with van der Waals surface area (Å²) in [6.07, 6.45) is 1.37. The largest absolute Gasteiger partial charge is 0.506 e. The Kier molecular flexibility index (Phi) is 4.58. The minimum atomic E-state index is -0.244. The number of aromatic hydroxyl groups is 1. The van der Waals surface area contributed by atoms with Crippen LogP contribution in [0.3, 0.4) is 0 Å². The molecule has 4 N–H and O–H groups in total. The molecule has 0 spiro atoms. The van der Waals surface area contributed by atoms with Crippen molar-refractivity contribution in [1.82, 2.24) is 0 Å². The lowest BCUT2D eigenvalue weighted by molar-refractivity contribution is -0.114. The highest BCUT2D eigenvalue weighted by Gasteiger charge is 2.12. The number of nitrogens with one attached hydrogen (secondary N) is 1. The monoisotopic (exact) mass is 242 g/mol. The molecule has 0 atom stereocenters. The number of rotatable bonds is 4. The minimum absolute atomic E-state index is 0.0200. The normalized spacial score (nSPS) is 10.2. The molecule has 0 saturated heterocycles. The third kappa shape index (κ3) is 3.12. The molecule has 0 aliphatic rings. The van der Waals surface area contributed by atoms with Gasteiger partial charge in [-0.2, -0.15) is 0 Å². The van der Waals surface area contributed by atoms with Crippen molar-refractivity contribution in [1.29, 1.82) is 0 Å². The van der Waals surface area contributed by atoms with E-state index in [0.717, 1.165) is 12.0 Å². The van der Waals surface area contributed by atoms with Crippen molar-refractivity contribution < 1.29 is 9.90 Å². The summed E-state index contributed by atoms with van der Waals surface area (Å²) in [7, 11) is 0. The molecule has 4 nitrogen and oxygen atoms in total. The maximum absolute atomic E-state index is 11.0. The Morgan fingerprint density at radius 2 is 2.25 bits per heavy atom. The number of anilines is 1. The summed E-state index contributed by atoms with van der Waals surface area (Å²) >= 11 is 6.02. The maximum Gasteiger partial charge on any atom is 0.221 e. The molecule has 88 valence electrons. The lowest BCUT2D eigenvalue weighted by atomic mass is 10.1. The van der Waals surface area contributed by atoms with E-state index < -0.39 is 0 Å². The first-order valence-corrected chi connectivity index (χ1v) is 5.42. The molecule has 0 aromatic heterocycles. The molecule has 0 heterocycles. The van der Waals surface area contributed by atoms with Gasteiger partial charge in [-0.05, 0) is 37.1 Å². The third-order valence-corrected chi connectivity index (χ3v) is 2.52. The summed E-state index contributed by atoms with van der Waals surface area (Å²) < 4.78 is 0. The maximum atomic E-state index is 11.0. The van der Waals surface area contributed by atoms with Crippen LogP contribution < -0.4 is 11.1 Å². The number of nitrogens with two attached hydrogens (primary N) is 1. The van der Waals surface area contributed by atoms with Crippen molar-refractivity contribution >= 4 is 23.2 Å². The average Bonchev–Trinajstić information content (AvgIpc) is 2.22. The van der Waals surface area contributed by atoms with Crippen molar-refractivity contribution in [3.8, 4) is 5.75 Å². The molecular weight excluding hydrogens is 228 g/mol. The van der Waals surface area contributed by atoms with Gasteiger partial charge in [0.25, 0.3) is 0 Å². The number of phenols is 1. The van der Waals surface area contributed by atoms with E-state index in [-0.39, 0.29) is 11.7 Å². The Balaban J connectivity index is 3.09. The minimum Gasteiger partial charge on any atom is -0.506 e. The van der Waals surface area contributed by atoms with E-state index in [1.54, 1.807) is 6.07 Å². The summed E-state index contributed by atoms with van der Waals surface area (Å²) in [6, 6.07) is 3.06. The standard InChI is InChI=1S/C11H15ClN2O2/c1-7(15)14-11-8(3-2-6-13)9(12)4-5-10(11)16/h4-5,16H,2-3,6,13H2,1H3,(H,14,15). The fourth-order valence-electron chi connectivity index (χ4n) is 1.45. The van der Waals surface area contributed by atoms with E-state index in [2.05, 4.69) is 5.32 Å². The van der Waals surface area contributed by atoms with Crippen LogP contribution in [0.2, 0.25) is 5.02 Å². The van der Waals surface area contributed by atoms with Gasteiger partial charge in [0.05, 0.1) is 5.69 Å². The molecule has 1 rings (SSSR count). The van der Waals surface area contributed by atoms with E-state index in [0.29, 0.717) is 23.7 Å². The van der Waals surface area contributed by atoms with Crippen LogP contribution in [0.4, 0.5) is 5.69 Å². The average molecular weight is 243 g/mol. The molecule has 1 aromatic carbocycles. The van der Waals surface area contributed by atoms with Gasteiger partial charge >= 0.3 is 0 Å². The molecule has 0 radical (unpaired) electrons. The topological polar surface area (TPSA) is 75.3 Å². The molecule has 1 amide bonds. The fraction of sp³-hybridized carbons (Fsp3) is 0.364. The summed E-state index contributed by atoms with van der Waals surface area (Å²) in [5, 5.41) is 12.8. The number of halogens is 1. The Morgan fingerprint density at radius 3 is 2.81 bits per heavy atom. The number of hydrogen-bond acceptors (Lipinski definition) is 3. The van der Waals surface area contributed by atoms with Gasteiger partial charge in [-0.15, -0.1) is 0 Å². The summed E-state index contributed by atoms with van der Waals surface area (Å²) in [5.41, 5.74) is 6.53. The molecule has 1 aromatic rings. The summed E-state index contributed by atoms with van der Waals surface area (Å²) in [6.45, 7) is 1.92. The number of amides is 1. The molecule has 0 unspecified atom stereocenters. The van der Waals surface area contributed by atoms with Gasteiger partial charge in [-0.1, -0.05) is 11.6 Å². The predicted octanol–water partition coefficient (Wildman–Crippen LogP) is 1.90. The van der Waals surface area contributed by atoms with E-state index >= 15 is 0 Å². The second-order valence-corrected chi connectivity index (χ2v) is 3.90. The quantitative estimate of drug-likeness (QED) is 0.706. The van der Waals surface area contributed by atoms with Crippen LogP contribution >= 0.6 is 11.6 Å². The highest BCUT2D eigenvalue weighted by molar-refractivity contribution is 6.32. The number of benzene rings is 1. The van der Waals surface area contributed by atoms with Crippen LogP contribution in [0.5, 0.6) is 5.75 Å². The highest BCUT2D eigenvalue weighted by Crippen LogP contribution is 2.33. The van der Waals surface area contributed by atoms with Crippen molar-refractivity contribution in [2.24, 2.45) is 5.73 Å². The van der Waals surface area contributed by atoms with Crippen LogP contribution in [0.15, 0.2) is 12.1 Å². The van der Waals surface area contributed by atoms with E-state index in [1.165, 1.54) is 13.0 Å². The van der Waals surface area contributed by atoms with E-state index in [4.69, 9.17) is 17.3 Å². The number of carbonyl (C=O) groups is 1. The molecule has 0 aliphatic heterocycles. The van der Waals surface area contributed by atoms with Gasteiger partial charge in [0.2, 0.25) is 5.91 Å². The second kappa shape index (κ2) is 5.72. The van der Waals surface area contributed by atoms with Crippen molar-refractivity contribution in [3.63, 3.8) is 0 Å². The molecule has 0 aliphatic carbocycles. The Labute approximate surface area is 99.4 Å². The number of hydrogen-bond donors (Lipinski definition) is 3. The lowest BCUT2D eigenvalue weighted by Gasteiger charge is -2.13. The van der Waals surface area contributed by atoms with Gasteiger partial charge < -0.3 is 16.2 Å². The van der Waals surface area contributed by atoms with Gasteiger partial charge in [-0.3, -0.25) is 4.79 Å². The Bertz CT molecular complexity index is 394. The van der Waals surface area contributed by atoms with Gasteiger partial charge in [0.15, 0.2) is 0 Å². The van der Waals surface area contributed by atoms with Crippen LogP contribution in [0.1, 0.15) is 18.9 Å². The lowest BCUT2D eigenvalue weighted by Crippen LogP contribution is -2.10. The van der Waals surface area contributed by atoms with Crippen LogP contribution in [0.25, 0.3) is 0 Å². The van der Waals surface area contributed by atoms with Crippen LogP contribution in [-0.4, -0.2) is 17.6 Å². The SMILES string of the molecule is CC(=O)Nc1c(O)ccc(Cl)c1CCCN. The molecule has 16 heavy (non-hydrogen) atoms. The molecule has 0 bridgehead atoms. The first-order valence-electron chi connectivity index (χ1n) is 5.04. The number of phenolic OH excluding ortho intramolecular Hbond substituents is 1. The fourth-order valence-corrected chi connectivity index (χ4v) is 1.70. The van der Waals surface area contributed by atoms with Gasteiger partial charge in [0.1, 0.15) is 5.75 Å². The zero-order valence-electron chi connectivity index (χ0n) is 9.09. The smallest absolute Gasteiger partial charge is 0.221 e. The zero-order valence-corrected chi connectivity index (χ0v) is 9.84. The number of carbonyl (C=O) groups excluding carboxylic acids is 1. The Morgan fingerprint density at radius 1 is 1.56 bits per heavy atom. The van der Waals surface area contributed by atoms with Gasteiger partial charge in [-0.25, -0.2) is 0 Å². The molecule has 0 saturated carbocycles. The van der Waals surface area contributed by atoms with E-state index in [1.807, 2.05) is 0 Å². The Hall–Kier alpha value is -1.26. The van der Waals surface area contributed by atoms with Crippen LogP contribution in [0, 0.1) is 0 Å². The van der Waals surface area contributed by atoms with Crippen molar-refractivity contribution in [2.75, 3.05) is 11.9 Å². The first kappa shape index (κ1) is 12.8. The molecule has 5 heteroatoms. The van der Waals surface area contributed by atoms with Crippen LogP contribution in [-0.2, 0) is 11.2 Å². The zero-order chi connectivity index (χ0) is 12.1. The van der Waals surface area contributed by atoms with E-state index in [9.17, 15) is 9.90 Å². The first-order chi connectivity index (χ1) is 7.56. The van der Waals surface area contributed by atoms with Crippen molar-refractivity contribution in [3.05, 3.63) is 22.7 Å². The highest BCUT2D eigenvalue weighted by atomic mass is 35.5. The summed E-state index contributed by atoms with van der Waals surface area (Å²) in [4.78, 5) is 11.0.